The van der Waals surface area contributed by atoms with E-state index in [-0.39, 0.29) is 6.61 Å². The van der Waals surface area contributed by atoms with Crippen LogP contribution in [-0.2, 0) is 14.3 Å². The average Bonchev–Trinajstić information content (AvgIpc) is 2.10. The average molecular weight is 243 g/mol. The number of ether oxygens (including phenoxy) is 2. The Hall–Kier alpha value is -0.820. The van der Waals surface area contributed by atoms with Crippen LogP contribution in [0.1, 0.15) is 20.8 Å². The maximum Gasteiger partial charge on any atom is 0.406 e. The van der Waals surface area contributed by atoms with E-state index in [9.17, 15) is 18.0 Å². The Balaban J connectivity index is 4.66. The van der Waals surface area contributed by atoms with Crippen molar-refractivity contribution in [2.24, 2.45) is 5.73 Å². The number of nitrogens with two attached hydrogens (primary N) is 1. The number of carbonyl (C=O) groups is 1. The minimum atomic E-state index is -4.70. The van der Waals surface area contributed by atoms with Gasteiger partial charge in [-0.3, -0.25) is 0 Å². The van der Waals surface area contributed by atoms with E-state index >= 15 is 0 Å². The molecule has 0 rings (SSSR count). The molecule has 0 saturated carbocycles. The molecule has 0 aliphatic rings. The van der Waals surface area contributed by atoms with Crippen LogP contribution in [0.25, 0.3) is 0 Å². The summed E-state index contributed by atoms with van der Waals surface area (Å²) in [6, 6.07) is -2.38. The Kier molecular flexibility index (Phi) is 5.74. The van der Waals surface area contributed by atoms with E-state index in [1.54, 1.807) is 0 Å². The lowest BCUT2D eigenvalue weighted by atomic mass is 10.1. The molecule has 0 aromatic carbocycles. The highest BCUT2D eigenvalue weighted by Crippen LogP contribution is 2.23. The predicted molar refractivity (Wildman–Crippen MR) is 50.7 cm³/mol. The molecule has 0 aliphatic carbocycles. The first-order chi connectivity index (χ1) is 7.20. The Morgan fingerprint density at radius 3 is 2.19 bits per heavy atom. The third kappa shape index (κ3) is 4.80. The van der Waals surface area contributed by atoms with Crippen LogP contribution in [0.2, 0.25) is 0 Å². The molecule has 2 N–H and O–H groups in total. The van der Waals surface area contributed by atoms with Crippen LogP contribution in [0.3, 0.4) is 0 Å². The van der Waals surface area contributed by atoms with Gasteiger partial charge in [-0.05, 0) is 20.8 Å². The van der Waals surface area contributed by atoms with Gasteiger partial charge in [0.05, 0.1) is 6.10 Å². The molecule has 2 atom stereocenters. The SMILES string of the molecule is CCO[C@@H](C(=O)OC(C)C)[C@@H](N)C(F)(F)F. The topological polar surface area (TPSA) is 61.5 Å². The molecule has 0 aromatic heterocycles. The Morgan fingerprint density at radius 2 is 1.88 bits per heavy atom. The molecular weight excluding hydrogens is 227 g/mol. The fraction of sp³-hybridized carbons (Fsp3) is 0.889. The van der Waals surface area contributed by atoms with E-state index in [4.69, 9.17) is 5.73 Å². The molecule has 4 nitrogen and oxygen atoms in total. The quantitative estimate of drug-likeness (QED) is 0.738. The number of alkyl halides is 3. The fourth-order valence-corrected chi connectivity index (χ4v) is 0.969. The summed E-state index contributed by atoms with van der Waals surface area (Å²) < 4.78 is 46.2. The highest BCUT2D eigenvalue weighted by Gasteiger charge is 2.46. The van der Waals surface area contributed by atoms with Crippen LogP contribution in [0.5, 0.6) is 0 Å². The van der Waals surface area contributed by atoms with E-state index in [0.29, 0.717) is 0 Å². The standard InChI is InChI=1S/C9H16F3NO3/c1-4-15-6(7(13)9(10,11)12)8(14)16-5(2)3/h5-7H,4,13H2,1-3H3/t6-,7-/m1/s1. The predicted octanol–water partition coefficient (Wildman–Crippen LogP) is 1.23. The Morgan fingerprint density at radius 1 is 1.38 bits per heavy atom. The molecule has 0 fully saturated rings. The summed E-state index contributed by atoms with van der Waals surface area (Å²) in [5.41, 5.74) is 4.91. The lowest BCUT2D eigenvalue weighted by Gasteiger charge is -2.24. The summed E-state index contributed by atoms with van der Waals surface area (Å²) in [4.78, 5) is 11.3. The summed E-state index contributed by atoms with van der Waals surface area (Å²) in [6.45, 7) is 4.47. The lowest BCUT2D eigenvalue weighted by Crippen LogP contribution is -2.52. The van der Waals surface area contributed by atoms with E-state index in [0.717, 1.165) is 0 Å². The Bertz CT molecular complexity index is 231. The van der Waals surface area contributed by atoms with Gasteiger partial charge in [0.1, 0.15) is 6.04 Å². The van der Waals surface area contributed by atoms with Crippen molar-refractivity contribution < 1.29 is 27.4 Å². The number of esters is 1. The summed E-state index contributed by atoms with van der Waals surface area (Å²) in [5.74, 6) is -1.10. The van der Waals surface area contributed by atoms with Gasteiger partial charge in [-0.15, -0.1) is 0 Å². The number of rotatable bonds is 5. The first-order valence-electron chi connectivity index (χ1n) is 4.84. The third-order valence-electron chi connectivity index (χ3n) is 1.63. The summed E-state index contributed by atoms with van der Waals surface area (Å²) in [5, 5.41) is 0. The summed E-state index contributed by atoms with van der Waals surface area (Å²) in [7, 11) is 0. The highest BCUT2D eigenvalue weighted by atomic mass is 19.4. The first-order valence-corrected chi connectivity index (χ1v) is 4.84. The fourth-order valence-electron chi connectivity index (χ4n) is 0.969. The van der Waals surface area contributed by atoms with Gasteiger partial charge in [0.2, 0.25) is 0 Å². The van der Waals surface area contributed by atoms with Gasteiger partial charge in [0.15, 0.2) is 6.10 Å². The van der Waals surface area contributed by atoms with Crippen LogP contribution in [0.4, 0.5) is 13.2 Å². The molecule has 0 spiro atoms. The van der Waals surface area contributed by atoms with Crippen molar-refractivity contribution in [3.8, 4) is 0 Å². The zero-order chi connectivity index (χ0) is 12.9. The molecule has 16 heavy (non-hydrogen) atoms. The zero-order valence-electron chi connectivity index (χ0n) is 9.38. The van der Waals surface area contributed by atoms with Gasteiger partial charge in [-0.2, -0.15) is 13.2 Å². The first kappa shape index (κ1) is 15.2. The lowest BCUT2D eigenvalue weighted by molar-refractivity contribution is -0.194. The molecule has 96 valence electrons. The number of hydrogen-bond acceptors (Lipinski definition) is 4. The van der Waals surface area contributed by atoms with E-state index in [2.05, 4.69) is 9.47 Å². The molecular formula is C9H16F3NO3. The summed E-state index contributed by atoms with van der Waals surface area (Å²) >= 11 is 0. The minimum absolute atomic E-state index is 0.0539. The number of halogens is 3. The Labute approximate surface area is 91.9 Å². The van der Waals surface area contributed by atoms with E-state index in [1.165, 1.54) is 20.8 Å². The van der Waals surface area contributed by atoms with E-state index in [1.807, 2.05) is 0 Å². The van der Waals surface area contributed by atoms with E-state index < -0.39 is 30.4 Å². The van der Waals surface area contributed by atoms with Crippen molar-refractivity contribution in [1.82, 2.24) is 0 Å². The maximum absolute atomic E-state index is 12.3. The van der Waals surface area contributed by atoms with Gasteiger partial charge in [0, 0.05) is 6.61 Å². The summed E-state index contributed by atoms with van der Waals surface area (Å²) in [6.07, 6.45) is -7.03. The van der Waals surface area contributed by atoms with Crippen molar-refractivity contribution in [3.05, 3.63) is 0 Å². The van der Waals surface area contributed by atoms with Crippen molar-refractivity contribution in [2.45, 2.75) is 45.2 Å². The molecule has 0 radical (unpaired) electrons. The minimum Gasteiger partial charge on any atom is -0.461 e. The van der Waals surface area contributed by atoms with Gasteiger partial charge in [-0.1, -0.05) is 0 Å². The largest absolute Gasteiger partial charge is 0.461 e. The zero-order valence-corrected chi connectivity index (χ0v) is 9.38. The van der Waals surface area contributed by atoms with Crippen LogP contribution in [0.15, 0.2) is 0 Å². The van der Waals surface area contributed by atoms with Gasteiger partial charge in [0.25, 0.3) is 0 Å². The normalized spacial score (nSPS) is 16.0. The molecule has 0 aromatic rings. The molecule has 0 saturated heterocycles. The second-order valence-corrected chi connectivity index (χ2v) is 3.43. The van der Waals surface area contributed by atoms with Gasteiger partial charge >= 0.3 is 12.1 Å². The van der Waals surface area contributed by atoms with Crippen molar-refractivity contribution >= 4 is 5.97 Å². The van der Waals surface area contributed by atoms with Gasteiger partial charge < -0.3 is 15.2 Å². The second kappa shape index (κ2) is 6.05. The van der Waals surface area contributed by atoms with Gasteiger partial charge in [-0.25, -0.2) is 4.79 Å². The van der Waals surface area contributed by atoms with Crippen LogP contribution < -0.4 is 5.73 Å². The number of carbonyl (C=O) groups excluding carboxylic acids is 1. The molecule has 0 aliphatic heterocycles. The highest BCUT2D eigenvalue weighted by molar-refractivity contribution is 5.76. The van der Waals surface area contributed by atoms with Crippen molar-refractivity contribution in [1.29, 1.82) is 0 Å². The molecule has 0 bridgehead atoms. The van der Waals surface area contributed by atoms with Crippen LogP contribution >= 0.6 is 0 Å². The van der Waals surface area contributed by atoms with Crippen molar-refractivity contribution in [3.63, 3.8) is 0 Å². The third-order valence-corrected chi connectivity index (χ3v) is 1.63. The maximum atomic E-state index is 12.3. The van der Waals surface area contributed by atoms with Crippen molar-refractivity contribution in [2.75, 3.05) is 6.61 Å². The second-order valence-electron chi connectivity index (χ2n) is 3.43. The monoisotopic (exact) mass is 243 g/mol. The number of hydrogen-bond donors (Lipinski definition) is 1. The van der Waals surface area contributed by atoms with Crippen LogP contribution in [0, 0.1) is 0 Å². The molecule has 7 heteroatoms. The molecule has 0 amide bonds. The van der Waals surface area contributed by atoms with Crippen LogP contribution in [-0.4, -0.2) is 37.0 Å². The smallest absolute Gasteiger partial charge is 0.406 e. The molecule has 0 unspecified atom stereocenters. The molecule has 0 heterocycles.